The minimum Gasteiger partial charge on any atom is -0.388 e. The third kappa shape index (κ3) is 2.43. The Labute approximate surface area is 97.7 Å². The average Bonchev–Trinajstić information content (AvgIpc) is 2.29. The van der Waals surface area contributed by atoms with Gasteiger partial charge in [-0.15, -0.1) is 0 Å². The highest BCUT2D eigenvalue weighted by Gasteiger charge is 2.27. The Bertz CT molecular complexity index is 350. The topological polar surface area (TPSA) is 33.1 Å². The van der Waals surface area contributed by atoms with Crippen molar-refractivity contribution < 1.29 is 5.11 Å². The zero-order valence-electron chi connectivity index (χ0n) is 10.2. The second kappa shape index (κ2) is 4.96. The summed E-state index contributed by atoms with van der Waals surface area (Å²) in [6, 6.07) is 1.98. The molecule has 2 heteroatoms. The highest BCUT2D eigenvalue weighted by atomic mass is 16.3. The normalized spacial score (nSPS) is 27.7. The Hall–Kier alpha value is -0.890. The van der Waals surface area contributed by atoms with Gasteiger partial charge in [-0.3, -0.25) is 4.98 Å². The number of aromatic nitrogens is 1. The van der Waals surface area contributed by atoms with Crippen LogP contribution in [0, 0.1) is 18.8 Å². The molecule has 1 aromatic heterocycles. The van der Waals surface area contributed by atoms with Crippen molar-refractivity contribution in [3.05, 3.63) is 29.6 Å². The first kappa shape index (κ1) is 11.6. The van der Waals surface area contributed by atoms with Crippen LogP contribution in [0.2, 0.25) is 0 Å². The second-order valence-electron chi connectivity index (χ2n) is 5.21. The number of pyridine rings is 1. The van der Waals surface area contributed by atoms with Crippen molar-refractivity contribution in [3.63, 3.8) is 0 Å². The van der Waals surface area contributed by atoms with Crippen LogP contribution in [-0.4, -0.2) is 10.1 Å². The van der Waals surface area contributed by atoms with E-state index in [0.717, 1.165) is 29.9 Å². The summed E-state index contributed by atoms with van der Waals surface area (Å²) in [6.45, 7) is 4.33. The first-order valence-electron chi connectivity index (χ1n) is 6.27. The van der Waals surface area contributed by atoms with Crippen LogP contribution < -0.4 is 0 Å². The first-order chi connectivity index (χ1) is 7.68. The number of hydrogen-bond acceptors (Lipinski definition) is 2. The van der Waals surface area contributed by atoms with Gasteiger partial charge in [-0.05, 0) is 43.2 Å². The molecule has 1 N–H and O–H groups in total. The minimum absolute atomic E-state index is 0.323. The van der Waals surface area contributed by atoms with Gasteiger partial charge in [0, 0.05) is 18.0 Å². The fraction of sp³-hybridized carbons (Fsp3) is 0.643. The zero-order valence-corrected chi connectivity index (χ0v) is 10.2. The third-order valence-electron chi connectivity index (χ3n) is 3.82. The molecule has 1 aromatic rings. The van der Waals surface area contributed by atoms with E-state index in [9.17, 15) is 5.11 Å². The molecule has 0 radical (unpaired) electrons. The van der Waals surface area contributed by atoms with Gasteiger partial charge >= 0.3 is 0 Å². The third-order valence-corrected chi connectivity index (χ3v) is 3.82. The van der Waals surface area contributed by atoms with Gasteiger partial charge in [0.15, 0.2) is 0 Å². The van der Waals surface area contributed by atoms with E-state index < -0.39 is 0 Å². The summed E-state index contributed by atoms with van der Waals surface area (Å²) in [6.07, 6.45) is 8.15. The van der Waals surface area contributed by atoms with Gasteiger partial charge in [0.2, 0.25) is 0 Å². The summed E-state index contributed by atoms with van der Waals surface area (Å²) < 4.78 is 0. The SMILES string of the molecule is Cc1ccncc1C(O)C1CCCC(C)C1. The Morgan fingerprint density at radius 3 is 2.94 bits per heavy atom. The molecule has 1 aliphatic rings. The molecule has 2 nitrogen and oxygen atoms in total. The quantitative estimate of drug-likeness (QED) is 0.828. The Balaban J connectivity index is 2.12. The summed E-state index contributed by atoms with van der Waals surface area (Å²) in [5.74, 6) is 1.18. The second-order valence-corrected chi connectivity index (χ2v) is 5.21. The van der Waals surface area contributed by atoms with E-state index >= 15 is 0 Å². The molecule has 0 amide bonds. The van der Waals surface area contributed by atoms with Gasteiger partial charge in [-0.2, -0.15) is 0 Å². The average molecular weight is 219 g/mol. The van der Waals surface area contributed by atoms with Crippen molar-refractivity contribution in [2.75, 3.05) is 0 Å². The van der Waals surface area contributed by atoms with Gasteiger partial charge in [0.1, 0.15) is 0 Å². The summed E-state index contributed by atoms with van der Waals surface area (Å²) in [5.41, 5.74) is 2.17. The number of hydrogen-bond donors (Lipinski definition) is 1. The van der Waals surface area contributed by atoms with Gasteiger partial charge < -0.3 is 5.11 Å². The molecule has 88 valence electrons. The van der Waals surface area contributed by atoms with Crippen molar-refractivity contribution in [2.24, 2.45) is 11.8 Å². The van der Waals surface area contributed by atoms with Crippen LogP contribution >= 0.6 is 0 Å². The molecule has 0 bridgehead atoms. The van der Waals surface area contributed by atoms with Crippen molar-refractivity contribution >= 4 is 0 Å². The molecule has 1 aliphatic carbocycles. The summed E-state index contributed by atoms with van der Waals surface area (Å²) in [7, 11) is 0. The van der Waals surface area contributed by atoms with Crippen LogP contribution in [0.15, 0.2) is 18.5 Å². The van der Waals surface area contributed by atoms with E-state index in [0.29, 0.717) is 5.92 Å². The van der Waals surface area contributed by atoms with E-state index in [1.165, 1.54) is 12.8 Å². The van der Waals surface area contributed by atoms with Gasteiger partial charge in [-0.1, -0.05) is 19.8 Å². The van der Waals surface area contributed by atoms with Gasteiger partial charge in [0.25, 0.3) is 0 Å². The van der Waals surface area contributed by atoms with Crippen LogP contribution in [0.4, 0.5) is 0 Å². The van der Waals surface area contributed by atoms with Crippen LogP contribution in [0.1, 0.15) is 49.8 Å². The summed E-state index contributed by atoms with van der Waals surface area (Å²) in [4.78, 5) is 4.12. The standard InChI is InChI=1S/C14H21NO/c1-10-4-3-5-12(8-10)14(16)13-9-15-7-6-11(13)2/h6-7,9-10,12,14,16H,3-5,8H2,1-2H3. The molecule has 16 heavy (non-hydrogen) atoms. The van der Waals surface area contributed by atoms with Crippen molar-refractivity contribution in [1.29, 1.82) is 0 Å². The highest BCUT2D eigenvalue weighted by molar-refractivity contribution is 5.24. The minimum atomic E-state index is -0.323. The number of aryl methyl sites for hydroxylation is 1. The fourth-order valence-corrected chi connectivity index (χ4v) is 2.81. The lowest BCUT2D eigenvalue weighted by molar-refractivity contribution is 0.0706. The molecule has 2 rings (SSSR count). The Kier molecular flexibility index (Phi) is 3.59. The molecule has 1 fully saturated rings. The maximum Gasteiger partial charge on any atom is 0.0835 e. The van der Waals surface area contributed by atoms with Crippen LogP contribution in [0.5, 0.6) is 0 Å². The van der Waals surface area contributed by atoms with E-state index in [1.807, 2.05) is 19.2 Å². The lowest BCUT2D eigenvalue weighted by atomic mass is 9.77. The molecule has 1 heterocycles. The van der Waals surface area contributed by atoms with Gasteiger partial charge in [0.05, 0.1) is 6.10 Å². The van der Waals surface area contributed by atoms with E-state index in [2.05, 4.69) is 11.9 Å². The predicted molar refractivity (Wildman–Crippen MR) is 65.1 cm³/mol. The maximum absolute atomic E-state index is 10.4. The van der Waals surface area contributed by atoms with E-state index in [1.54, 1.807) is 6.20 Å². The highest BCUT2D eigenvalue weighted by Crippen LogP contribution is 2.37. The Morgan fingerprint density at radius 2 is 2.25 bits per heavy atom. The van der Waals surface area contributed by atoms with E-state index in [-0.39, 0.29) is 6.10 Å². The number of aliphatic hydroxyl groups is 1. The van der Waals surface area contributed by atoms with Gasteiger partial charge in [-0.25, -0.2) is 0 Å². The molecular weight excluding hydrogens is 198 g/mol. The molecule has 0 aromatic carbocycles. The molecule has 0 aliphatic heterocycles. The number of nitrogens with zero attached hydrogens (tertiary/aromatic N) is 1. The maximum atomic E-state index is 10.4. The molecule has 0 saturated heterocycles. The fourth-order valence-electron chi connectivity index (χ4n) is 2.81. The van der Waals surface area contributed by atoms with Crippen LogP contribution in [0.3, 0.4) is 0 Å². The lowest BCUT2D eigenvalue weighted by Crippen LogP contribution is -2.20. The summed E-state index contributed by atoms with van der Waals surface area (Å²) >= 11 is 0. The smallest absolute Gasteiger partial charge is 0.0835 e. The van der Waals surface area contributed by atoms with E-state index in [4.69, 9.17) is 0 Å². The number of aliphatic hydroxyl groups excluding tert-OH is 1. The van der Waals surface area contributed by atoms with Crippen LogP contribution in [0.25, 0.3) is 0 Å². The van der Waals surface area contributed by atoms with Crippen molar-refractivity contribution in [3.8, 4) is 0 Å². The first-order valence-corrected chi connectivity index (χ1v) is 6.27. The predicted octanol–water partition coefficient (Wildman–Crippen LogP) is 3.25. The zero-order chi connectivity index (χ0) is 11.5. The number of rotatable bonds is 2. The lowest BCUT2D eigenvalue weighted by Gasteiger charge is -2.31. The van der Waals surface area contributed by atoms with Crippen molar-refractivity contribution in [2.45, 2.75) is 45.6 Å². The molecule has 3 atom stereocenters. The molecular formula is C14H21NO. The molecule has 3 unspecified atom stereocenters. The monoisotopic (exact) mass is 219 g/mol. The molecule has 1 saturated carbocycles. The molecule has 0 spiro atoms. The largest absolute Gasteiger partial charge is 0.388 e. The Morgan fingerprint density at radius 1 is 1.44 bits per heavy atom. The van der Waals surface area contributed by atoms with Crippen LogP contribution in [-0.2, 0) is 0 Å². The van der Waals surface area contributed by atoms with Crippen molar-refractivity contribution in [1.82, 2.24) is 4.98 Å². The summed E-state index contributed by atoms with van der Waals surface area (Å²) in [5, 5.41) is 10.4.